The predicted octanol–water partition coefficient (Wildman–Crippen LogP) is 2.42. The fourth-order valence-corrected chi connectivity index (χ4v) is 2.56. The maximum Gasteiger partial charge on any atom is 0.240 e. The maximum atomic E-state index is 12.9. The van der Waals surface area contributed by atoms with Gasteiger partial charge in [0.15, 0.2) is 0 Å². The molecule has 0 spiro atoms. The minimum atomic E-state index is -2.42. The van der Waals surface area contributed by atoms with Crippen molar-refractivity contribution in [3.8, 4) is 11.5 Å². The Labute approximate surface area is 129 Å². The van der Waals surface area contributed by atoms with E-state index in [0.29, 0.717) is 24.4 Å². The van der Waals surface area contributed by atoms with E-state index in [9.17, 15) is 13.9 Å². The molecule has 0 radical (unpaired) electrons. The first-order chi connectivity index (χ1) is 9.61. The molecular formula is C14H21ClF2N2O2. The average Bonchev–Trinajstić information content (AvgIpc) is 2.46. The highest BCUT2D eigenvalue weighted by molar-refractivity contribution is 5.85. The third-order valence-electron chi connectivity index (χ3n) is 3.59. The first-order valence-corrected chi connectivity index (χ1v) is 6.71. The normalized spacial score (nSPS) is 17.3. The van der Waals surface area contributed by atoms with Crippen molar-refractivity contribution < 1.29 is 18.6 Å². The molecule has 0 unspecified atom stereocenters. The van der Waals surface area contributed by atoms with Crippen LogP contribution in [-0.4, -0.2) is 49.7 Å². The van der Waals surface area contributed by atoms with Crippen LogP contribution in [0.4, 0.5) is 8.78 Å². The molecule has 1 atom stereocenters. The van der Waals surface area contributed by atoms with Crippen LogP contribution in [0, 0.1) is 0 Å². The molecule has 1 aliphatic heterocycles. The quantitative estimate of drug-likeness (QED) is 0.874. The summed E-state index contributed by atoms with van der Waals surface area (Å²) in [5.74, 6) is 0.599. The Hall–Kier alpha value is -1.11. The van der Waals surface area contributed by atoms with E-state index >= 15 is 0 Å². The first-order valence-electron chi connectivity index (χ1n) is 6.71. The molecule has 0 aliphatic carbocycles. The number of piperazine rings is 1. The van der Waals surface area contributed by atoms with Gasteiger partial charge in [-0.05, 0) is 18.2 Å². The number of halogens is 3. The van der Waals surface area contributed by atoms with Crippen molar-refractivity contribution in [2.45, 2.75) is 18.9 Å². The SMILES string of the molecule is COc1ccc(O)c([C@@H](CC(F)F)N2CCNCC2)c1.Cl. The Morgan fingerprint density at radius 3 is 2.57 bits per heavy atom. The van der Waals surface area contributed by atoms with E-state index in [2.05, 4.69) is 5.32 Å². The number of hydrogen-bond donors (Lipinski definition) is 2. The van der Waals surface area contributed by atoms with E-state index < -0.39 is 12.5 Å². The smallest absolute Gasteiger partial charge is 0.240 e. The van der Waals surface area contributed by atoms with Crippen LogP contribution in [-0.2, 0) is 0 Å². The lowest BCUT2D eigenvalue weighted by Crippen LogP contribution is -2.45. The molecule has 1 aliphatic rings. The summed E-state index contributed by atoms with van der Waals surface area (Å²) in [5, 5.41) is 13.2. The molecule has 1 fully saturated rings. The summed E-state index contributed by atoms with van der Waals surface area (Å²) in [6, 6.07) is 4.27. The zero-order chi connectivity index (χ0) is 14.5. The minimum Gasteiger partial charge on any atom is -0.508 e. The zero-order valence-electron chi connectivity index (χ0n) is 11.9. The third-order valence-corrected chi connectivity index (χ3v) is 3.59. The van der Waals surface area contributed by atoms with E-state index in [1.165, 1.54) is 13.2 Å². The van der Waals surface area contributed by atoms with Gasteiger partial charge in [0, 0.05) is 44.2 Å². The van der Waals surface area contributed by atoms with Gasteiger partial charge in [-0.15, -0.1) is 12.4 Å². The number of nitrogens with one attached hydrogen (secondary N) is 1. The highest BCUT2D eigenvalue weighted by Gasteiger charge is 2.27. The van der Waals surface area contributed by atoms with E-state index in [1.54, 1.807) is 12.1 Å². The number of benzene rings is 1. The van der Waals surface area contributed by atoms with Crippen LogP contribution < -0.4 is 10.1 Å². The zero-order valence-corrected chi connectivity index (χ0v) is 12.7. The lowest BCUT2D eigenvalue weighted by molar-refractivity contribution is 0.0729. The molecule has 21 heavy (non-hydrogen) atoms. The van der Waals surface area contributed by atoms with Gasteiger partial charge in [0.1, 0.15) is 11.5 Å². The second kappa shape index (κ2) is 8.36. The molecule has 2 N–H and O–H groups in total. The van der Waals surface area contributed by atoms with Crippen LogP contribution in [0.25, 0.3) is 0 Å². The summed E-state index contributed by atoms with van der Waals surface area (Å²) in [6.07, 6.45) is -2.71. The van der Waals surface area contributed by atoms with Crippen LogP contribution in [0.5, 0.6) is 11.5 Å². The van der Waals surface area contributed by atoms with Gasteiger partial charge in [-0.25, -0.2) is 8.78 Å². The van der Waals surface area contributed by atoms with Crippen LogP contribution in [0.2, 0.25) is 0 Å². The second-order valence-corrected chi connectivity index (χ2v) is 4.85. The molecule has 1 saturated heterocycles. The summed E-state index contributed by atoms with van der Waals surface area (Å²) < 4.78 is 30.9. The number of nitrogens with zero attached hydrogens (tertiary/aromatic N) is 1. The van der Waals surface area contributed by atoms with E-state index in [0.717, 1.165) is 13.1 Å². The lowest BCUT2D eigenvalue weighted by Gasteiger charge is -2.35. The van der Waals surface area contributed by atoms with Crippen LogP contribution in [0.1, 0.15) is 18.0 Å². The Bertz CT molecular complexity index is 443. The van der Waals surface area contributed by atoms with Crippen molar-refractivity contribution in [2.24, 2.45) is 0 Å². The number of hydrogen-bond acceptors (Lipinski definition) is 4. The molecule has 0 aromatic heterocycles. The van der Waals surface area contributed by atoms with E-state index in [-0.39, 0.29) is 24.6 Å². The summed E-state index contributed by atoms with van der Waals surface area (Å²) in [5.41, 5.74) is 0.506. The number of phenolic OH excluding ortho intramolecular Hbond substituents is 1. The molecule has 2 rings (SSSR count). The van der Waals surface area contributed by atoms with E-state index in [4.69, 9.17) is 4.74 Å². The molecule has 4 nitrogen and oxygen atoms in total. The Kier molecular flexibility index (Phi) is 7.14. The molecule has 1 heterocycles. The van der Waals surface area contributed by atoms with Crippen LogP contribution >= 0.6 is 12.4 Å². The van der Waals surface area contributed by atoms with Crippen molar-refractivity contribution in [3.05, 3.63) is 23.8 Å². The summed E-state index contributed by atoms with van der Waals surface area (Å²) >= 11 is 0. The van der Waals surface area contributed by atoms with Gasteiger partial charge in [0.25, 0.3) is 0 Å². The number of aromatic hydroxyl groups is 1. The van der Waals surface area contributed by atoms with Gasteiger partial charge < -0.3 is 15.2 Å². The van der Waals surface area contributed by atoms with Crippen molar-refractivity contribution in [3.63, 3.8) is 0 Å². The highest BCUT2D eigenvalue weighted by atomic mass is 35.5. The standard InChI is InChI=1S/C14H20F2N2O2.ClH/c1-20-10-2-3-13(19)11(8-10)12(9-14(15)16)18-6-4-17-5-7-18;/h2-3,8,12,14,17,19H,4-7,9H2,1H3;1H/t12-;/m1./s1. The summed E-state index contributed by atoms with van der Waals surface area (Å²) in [4.78, 5) is 1.98. The lowest BCUT2D eigenvalue weighted by atomic mass is 10.00. The fraction of sp³-hybridized carbons (Fsp3) is 0.571. The summed E-state index contributed by atoms with van der Waals surface area (Å²) in [7, 11) is 1.52. The van der Waals surface area contributed by atoms with Crippen molar-refractivity contribution >= 4 is 12.4 Å². The van der Waals surface area contributed by atoms with Crippen LogP contribution in [0.15, 0.2) is 18.2 Å². The Morgan fingerprint density at radius 1 is 1.33 bits per heavy atom. The molecule has 7 heteroatoms. The Morgan fingerprint density at radius 2 is 2.00 bits per heavy atom. The van der Waals surface area contributed by atoms with Gasteiger partial charge >= 0.3 is 0 Å². The number of phenols is 1. The molecule has 1 aromatic carbocycles. The highest BCUT2D eigenvalue weighted by Crippen LogP contribution is 2.35. The molecular weight excluding hydrogens is 302 g/mol. The molecule has 0 saturated carbocycles. The predicted molar refractivity (Wildman–Crippen MR) is 79.7 cm³/mol. The Balaban J connectivity index is 0.00000220. The molecule has 1 aromatic rings. The number of alkyl halides is 2. The monoisotopic (exact) mass is 322 g/mol. The van der Waals surface area contributed by atoms with E-state index in [1.807, 2.05) is 4.90 Å². The van der Waals surface area contributed by atoms with Crippen LogP contribution in [0.3, 0.4) is 0 Å². The van der Waals surface area contributed by atoms with Gasteiger partial charge in [0.2, 0.25) is 6.43 Å². The van der Waals surface area contributed by atoms with Crippen molar-refractivity contribution in [2.75, 3.05) is 33.3 Å². The average molecular weight is 323 g/mol. The number of ether oxygens (including phenoxy) is 1. The second-order valence-electron chi connectivity index (χ2n) is 4.85. The molecule has 0 amide bonds. The first kappa shape index (κ1) is 17.9. The van der Waals surface area contributed by atoms with Crippen molar-refractivity contribution in [1.29, 1.82) is 0 Å². The maximum absolute atomic E-state index is 12.9. The topological polar surface area (TPSA) is 44.7 Å². The molecule has 120 valence electrons. The third kappa shape index (κ3) is 4.69. The van der Waals surface area contributed by atoms with Gasteiger partial charge in [0.05, 0.1) is 7.11 Å². The molecule has 0 bridgehead atoms. The number of rotatable bonds is 5. The van der Waals surface area contributed by atoms with Gasteiger partial charge in [-0.3, -0.25) is 4.90 Å². The fourth-order valence-electron chi connectivity index (χ4n) is 2.56. The largest absolute Gasteiger partial charge is 0.508 e. The van der Waals surface area contributed by atoms with Gasteiger partial charge in [-0.1, -0.05) is 0 Å². The van der Waals surface area contributed by atoms with Gasteiger partial charge in [-0.2, -0.15) is 0 Å². The minimum absolute atomic E-state index is 0. The number of methoxy groups -OCH3 is 1. The summed E-state index contributed by atoms with van der Waals surface area (Å²) in [6.45, 7) is 2.91. The van der Waals surface area contributed by atoms with Crippen molar-refractivity contribution in [1.82, 2.24) is 10.2 Å².